The van der Waals surface area contributed by atoms with Crippen LogP contribution in [0.3, 0.4) is 0 Å². The summed E-state index contributed by atoms with van der Waals surface area (Å²) in [7, 11) is 4.00. The monoisotopic (exact) mass is 285 g/mol. The van der Waals surface area contributed by atoms with Gasteiger partial charge in [-0.25, -0.2) is 4.68 Å². The number of hydrogen-bond acceptors (Lipinski definition) is 7. The molecule has 0 bridgehead atoms. The Bertz CT molecular complexity index is 700. The summed E-state index contributed by atoms with van der Waals surface area (Å²) in [6, 6.07) is 9.64. The molecule has 2 heterocycles. The maximum Gasteiger partial charge on any atom is 0.226 e. The second-order valence-corrected chi connectivity index (χ2v) is 4.78. The minimum absolute atomic E-state index is 0.518. The van der Waals surface area contributed by atoms with Crippen LogP contribution in [0.5, 0.6) is 0 Å². The highest BCUT2D eigenvalue weighted by atomic mass is 15.6. The summed E-state index contributed by atoms with van der Waals surface area (Å²) >= 11 is 0. The first-order chi connectivity index (χ1) is 10.3. The third kappa shape index (κ3) is 2.77. The van der Waals surface area contributed by atoms with Gasteiger partial charge in [0.1, 0.15) is 0 Å². The van der Waals surface area contributed by atoms with E-state index in [4.69, 9.17) is 0 Å². The van der Waals surface area contributed by atoms with Crippen LogP contribution in [-0.2, 0) is 6.54 Å². The zero-order chi connectivity index (χ0) is 14.7. The number of hydrogen-bond donors (Lipinski definition) is 0. The standard InChI is InChI=1S/C12H15N9/c1-19(2)8-9-20-11(13-15-17-20)12-14-16-18-21(12)10-6-4-3-5-7-10/h3-7H,8-9H2,1-2H3. The molecule has 0 radical (unpaired) electrons. The molecular weight excluding hydrogens is 270 g/mol. The van der Waals surface area contributed by atoms with Gasteiger partial charge in [0.05, 0.1) is 12.2 Å². The van der Waals surface area contributed by atoms with E-state index in [9.17, 15) is 0 Å². The van der Waals surface area contributed by atoms with Gasteiger partial charge in [0.2, 0.25) is 11.6 Å². The molecule has 0 N–H and O–H groups in total. The van der Waals surface area contributed by atoms with Crippen LogP contribution in [0.25, 0.3) is 17.3 Å². The summed E-state index contributed by atoms with van der Waals surface area (Å²) < 4.78 is 3.32. The Labute approximate surface area is 121 Å². The highest BCUT2D eigenvalue weighted by molar-refractivity contribution is 5.47. The largest absolute Gasteiger partial charge is 0.308 e. The number of para-hydroxylation sites is 1. The van der Waals surface area contributed by atoms with Crippen LogP contribution in [0, 0.1) is 0 Å². The van der Waals surface area contributed by atoms with Crippen LogP contribution in [-0.4, -0.2) is 66.0 Å². The molecule has 108 valence electrons. The first-order valence-electron chi connectivity index (χ1n) is 6.51. The zero-order valence-corrected chi connectivity index (χ0v) is 11.8. The maximum atomic E-state index is 4.05. The van der Waals surface area contributed by atoms with Crippen LogP contribution >= 0.6 is 0 Å². The molecule has 0 saturated carbocycles. The second kappa shape index (κ2) is 5.75. The first-order valence-corrected chi connectivity index (χ1v) is 6.51. The molecule has 0 aliphatic carbocycles. The predicted octanol–water partition coefficient (Wildman–Crippen LogP) is -0.123. The van der Waals surface area contributed by atoms with E-state index in [1.165, 1.54) is 0 Å². The van der Waals surface area contributed by atoms with Crippen molar-refractivity contribution in [1.82, 2.24) is 45.3 Å². The van der Waals surface area contributed by atoms with E-state index >= 15 is 0 Å². The minimum Gasteiger partial charge on any atom is -0.308 e. The molecule has 0 saturated heterocycles. The lowest BCUT2D eigenvalue weighted by Gasteiger charge is -2.09. The number of tetrazole rings is 2. The van der Waals surface area contributed by atoms with Gasteiger partial charge in [0, 0.05) is 6.54 Å². The van der Waals surface area contributed by atoms with Crippen LogP contribution < -0.4 is 0 Å². The summed E-state index contributed by atoms with van der Waals surface area (Å²) in [4.78, 5) is 2.06. The summed E-state index contributed by atoms with van der Waals surface area (Å²) in [6.45, 7) is 1.49. The van der Waals surface area contributed by atoms with Crippen molar-refractivity contribution in [3.8, 4) is 17.3 Å². The van der Waals surface area contributed by atoms with Gasteiger partial charge in [-0.05, 0) is 47.1 Å². The molecule has 21 heavy (non-hydrogen) atoms. The normalized spacial score (nSPS) is 11.2. The SMILES string of the molecule is CN(C)CCn1nnnc1-c1nnnn1-c1ccccc1. The van der Waals surface area contributed by atoms with Crippen molar-refractivity contribution in [3.05, 3.63) is 30.3 Å². The number of rotatable bonds is 5. The number of benzene rings is 1. The van der Waals surface area contributed by atoms with Crippen molar-refractivity contribution in [2.45, 2.75) is 6.54 Å². The molecular formula is C12H15N9. The van der Waals surface area contributed by atoms with Crippen molar-refractivity contribution >= 4 is 0 Å². The Morgan fingerprint density at radius 2 is 1.67 bits per heavy atom. The molecule has 3 rings (SSSR count). The smallest absolute Gasteiger partial charge is 0.226 e. The lowest BCUT2D eigenvalue weighted by Crippen LogP contribution is -2.20. The van der Waals surface area contributed by atoms with Gasteiger partial charge in [0.25, 0.3) is 0 Å². The number of nitrogens with zero attached hydrogens (tertiary/aromatic N) is 9. The van der Waals surface area contributed by atoms with E-state index in [0.717, 1.165) is 12.2 Å². The zero-order valence-electron chi connectivity index (χ0n) is 11.8. The topological polar surface area (TPSA) is 90.4 Å². The van der Waals surface area contributed by atoms with Crippen LogP contribution in [0.1, 0.15) is 0 Å². The average molecular weight is 285 g/mol. The molecule has 0 spiro atoms. The predicted molar refractivity (Wildman–Crippen MR) is 74.5 cm³/mol. The minimum atomic E-state index is 0.518. The van der Waals surface area contributed by atoms with Gasteiger partial charge in [-0.15, -0.1) is 10.2 Å². The van der Waals surface area contributed by atoms with Crippen molar-refractivity contribution in [2.24, 2.45) is 0 Å². The lowest BCUT2D eigenvalue weighted by molar-refractivity contribution is 0.371. The Kier molecular flexibility index (Phi) is 3.65. The van der Waals surface area contributed by atoms with Crippen molar-refractivity contribution in [1.29, 1.82) is 0 Å². The Morgan fingerprint density at radius 3 is 2.43 bits per heavy atom. The van der Waals surface area contributed by atoms with Crippen LogP contribution in [0.2, 0.25) is 0 Å². The molecule has 2 aromatic heterocycles. The van der Waals surface area contributed by atoms with E-state index < -0.39 is 0 Å². The molecule has 0 unspecified atom stereocenters. The molecule has 9 nitrogen and oxygen atoms in total. The van der Waals surface area contributed by atoms with E-state index in [2.05, 4.69) is 36.0 Å². The molecule has 0 aliphatic rings. The number of likely N-dealkylation sites (N-methyl/N-ethyl adjacent to an activating group) is 1. The van der Waals surface area contributed by atoms with Crippen molar-refractivity contribution in [3.63, 3.8) is 0 Å². The third-order valence-corrected chi connectivity index (χ3v) is 2.96. The summed E-state index contributed by atoms with van der Waals surface area (Å²) in [5.41, 5.74) is 0.861. The molecule has 0 aliphatic heterocycles. The van der Waals surface area contributed by atoms with Gasteiger partial charge in [-0.1, -0.05) is 18.2 Å². The van der Waals surface area contributed by atoms with Gasteiger partial charge < -0.3 is 4.90 Å². The molecule has 0 amide bonds. The molecule has 1 aromatic carbocycles. The molecule has 3 aromatic rings. The van der Waals surface area contributed by atoms with E-state index in [-0.39, 0.29) is 0 Å². The fourth-order valence-electron chi connectivity index (χ4n) is 1.88. The molecule has 0 fully saturated rings. The van der Waals surface area contributed by atoms with Gasteiger partial charge in [-0.2, -0.15) is 4.68 Å². The Balaban J connectivity index is 1.96. The Morgan fingerprint density at radius 1 is 0.952 bits per heavy atom. The van der Waals surface area contributed by atoms with Gasteiger partial charge >= 0.3 is 0 Å². The maximum absolute atomic E-state index is 4.05. The van der Waals surface area contributed by atoms with E-state index in [0.29, 0.717) is 18.2 Å². The first kappa shape index (κ1) is 13.3. The Hall–Kier alpha value is -2.68. The van der Waals surface area contributed by atoms with Crippen LogP contribution in [0.15, 0.2) is 30.3 Å². The average Bonchev–Trinajstić information content (AvgIpc) is 3.14. The summed E-state index contributed by atoms with van der Waals surface area (Å²) in [5.74, 6) is 1.07. The van der Waals surface area contributed by atoms with E-state index in [1.54, 1.807) is 9.36 Å². The lowest BCUT2D eigenvalue weighted by atomic mass is 10.3. The molecule has 0 atom stereocenters. The molecule has 9 heteroatoms. The van der Waals surface area contributed by atoms with Crippen molar-refractivity contribution in [2.75, 3.05) is 20.6 Å². The van der Waals surface area contributed by atoms with Gasteiger partial charge in [0.15, 0.2) is 0 Å². The highest BCUT2D eigenvalue weighted by Gasteiger charge is 2.17. The fraction of sp³-hybridized carbons (Fsp3) is 0.333. The van der Waals surface area contributed by atoms with Crippen LogP contribution in [0.4, 0.5) is 0 Å². The fourth-order valence-corrected chi connectivity index (χ4v) is 1.88. The highest BCUT2D eigenvalue weighted by Crippen LogP contribution is 2.15. The van der Waals surface area contributed by atoms with Crippen molar-refractivity contribution < 1.29 is 0 Å². The van der Waals surface area contributed by atoms with Gasteiger partial charge in [-0.3, -0.25) is 0 Å². The number of aromatic nitrogens is 8. The third-order valence-electron chi connectivity index (χ3n) is 2.96. The van der Waals surface area contributed by atoms with E-state index in [1.807, 2.05) is 44.4 Å². The summed E-state index contributed by atoms with van der Waals surface area (Å²) in [6.07, 6.45) is 0. The second-order valence-electron chi connectivity index (χ2n) is 4.78. The quantitative estimate of drug-likeness (QED) is 0.645. The summed E-state index contributed by atoms with van der Waals surface area (Å²) in [5, 5.41) is 23.6.